The molecule has 0 aromatic heterocycles. The molecule has 0 aliphatic heterocycles. The van der Waals surface area contributed by atoms with E-state index in [1.807, 2.05) is 7.05 Å². The zero-order chi connectivity index (χ0) is 13.1. The molecular weight excluding hydrogens is 252 g/mol. The first-order valence-electron chi connectivity index (χ1n) is 6.22. The minimum Gasteiger partial charge on any atom is -0.317 e. The Balaban J connectivity index is 2.10. The Hall–Kier alpha value is -1.13. The first kappa shape index (κ1) is 13.3. The number of nitro groups is 1. The summed E-state index contributed by atoms with van der Waals surface area (Å²) in [7, 11) is 1.95. The highest BCUT2D eigenvalue weighted by Crippen LogP contribution is 2.35. The van der Waals surface area contributed by atoms with Crippen molar-refractivity contribution in [3.05, 3.63) is 38.9 Å². The number of nitro benzene ring substituents is 1. The minimum atomic E-state index is -0.354. The molecule has 0 saturated heterocycles. The van der Waals surface area contributed by atoms with E-state index in [0.717, 1.165) is 12.3 Å². The summed E-state index contributed by atoms with van der Waals surface area (Å²) in [6.45, 7) is 0. The van der Waals surface area contributed by atoms with Gasteiger partial charge in [0.15, 0.2) is 0 Å². The second-order valence-corrected chi connectivity index (χ2v) is 5.17. The summed E-state index contributed by atoms with van der Waals surface area (Å²) in [6, 6.07) is 5.31. The number of hydrogen-bond acceptors (Lipinski definition) is 3. The normalized spacial score (nSPS) is 16.6. The Morgan fingerprint density at radius 2 is 2.28 bits per heavy atom. The van der Waals surface area contributed by atoms with Crippen molar-refractivity contribution in [1.82, 2.24) is 5.32 Å². The van der Waals surface area contributed by atoms with Gasteiger partial charge in [-0.15, -0.1) is 0 Å². The second-order valence-electron chi connectivity index (χ2n) is 4.77. The standard InChI is InChI=1S/C13H17ClN2O2/c1-15-12(9-5-6-9)8-7-10-11(14)3-2-4-13(10)16(17)18/h2-4,9,12,15H,5-8H2,1H3. The summed E-state index contributed by atoms with van der Waals surface area (Å²) in [5, 5.41) is 14.8. The highest BCUT2D eigenvalue weighted by molar-refractivity contribution is 6.31. The molecule has 0 heterocycles. The predicted octanol–water partition coefficient (Wildman–Crippen LogP) is 3.18. The van der Waals surface area contributed by atoms with E-state index < -0.39 is 0 Å². The third-order valence-corrected chi connectivity index (χ3v) is 3.91. The van der Waals surface area contributed by atoms with Gasteiger partial charge >= 0.3 is 0 Å². The smallest absolute Gasteiger partial charge is 0.274 e. The lowest BCUT2D eigenvalue weighted by Gasteiger charge is -2.15. The van der Waals surface area contributed by atoms with Crippen LogP contribution < -0.4 is 5.32 Å². The fourth-order valence-corrected chi connectivity index (χ4v) is 2.64. The average molecular weight is 269 g/mol. The van der Waals surface area contributed by atoms with Crippen LogP contribution in [0.25, 0.3) is 0 Å². The van der Waals surface area contributed by atoms with Gasteiger partial charge in [-0.1, -0.05) is 17.7 Å². The zero-order valence-electron chi connectivity index (χ0n) is 10.4. The molecule has 1 N–H and O–H groups in total. The molecule has 1 saturated carbocycles. The number of rotatable bonds is 6. The van der Waals surface area contributed by atoms with Crippen molar-refractivity contribution in [2.24, 2.45) is 5.92 Å². The van der Waals surface area contributed by atoms with Crippen LogP contribution in [-0.2, 0) is 6.42 Å². The fraction of sp³-hybridized carbons (Fsp3) is 0.538. The van der Waals surface area contributed by atoms with Gasteiger partial charge in [0.05, 0.1) is 9.95 Å². The van der Waals surface area contributed by atoms with Crippen LogP contribution in [-0.4, -0.2) is 18.0 Å². The Kier molecular flexibility index (Phi) is 4.19. The molecule has 4 nitrogen and oxygen atoms in total. The van der Waals surface area contributed by atoms with Crippen molar-refractivity contribution in [2.75, 3.05) is 7.05 Å². The van der Waals surface area contributed by atoms with Gasteiger partial charge in [0.2, 0.25) is 0 Å². The Labute approximate surface area is 111 Å². The molecule has 5 heteroatoms. The van der Waals surface area contributed by atoms with E-state index in [0.29, 0.717) is 23.0 Å². The summed E-state index contributed by atoms with van der Waals surface area (Å²) >= 11 is 6.07. The van der Waals surface area contributed by atoms with E-state index >= 15 is 0 Å². The molecule has 98 valence electrons. The fourth-order valence-electron chi connectivity index (χ4n) is 2.38. The van der Waals surface area contributed by atoms with Crippen molar-refractivity contribution in [2.45, 2.75) is 31.7 Å². The van der Waals surface area contributed by atoms with Crippen molar-refractivity contribution < 1.29 is 4.92 Å². The van der Waals surface area contributed by atoms with Gasteiger partial charge in [-0.2, -0.15) is 0 Å². The van der Waals surface area contributed by atoms with Gasteiger partial charge in [0.1, 0.15) is 0 Å². The van der Waals surface area contributed by atoms with Crippen molar-refractivity contribution in [1.29, 1.82) is 0 Å². The SMILES string of the molecule is CNC(CCc1c(Cl)cccc1[N+](=O)[O-])C1CC1. The van der Waals surface area contributed by atoms with Crippen LogP contribution in [0.2, 0.25) is 5.02 Å². The molecule has 0 bridgehead atoms. The molecule has 1 unspecified atom stereocenters. The predicted molar refractivity (Wildman–Crippen MR) is 72.0 cm³/mol. The van der Waals surface area contributed by atoms with E-state index in [9.17, 15) is 10.1 Å². The van der Waals surface area contributed by atoms with Gasteiger partial charge in [0.25, 0.3) is 5.69 Å². The van der Waals surface area contributed by atoms with Gasteiger partial charge in [-0.3, -0.25) is 10.1 Å². The van der Waals surface area contributed by atoms with Gasteiger partial charge in [-0.25, -0.2) is 0 Å². The van der Waals surface area contributed by atoms with E-state index in [1.54, 1.807) is 12.1 Å². The van der Waals surface area contributed by atoms with E-state index in [1.165, 1.54) is 18.9 Å². The highest BCUT2D eigenvalue weighted by atomic mass is 35.5. The third-order valence-electron chi connectivity index (χ3n) is 3.56. The summed E-state index contributed by atoms with van der Waals surface area (Å²) in [4.78, 5) is 10.6. The van der Waals surface area contributed by atoms with Gasteiger partial charge in [0, 0.05) is 17.7 Å². The first-order valence-corrected chi connectivity index (χ1v) is 6.60. The van der Waals surface area contributed by atoms with Crippen LogP contribution in [0.15, 0.2) is 18.2 Å². The number of benzene rings is 1. The zero-order valence-corrected chi connectivity index (χ0v) is 11.1. The molecule has 18 heavy (non-hydrogen) atoms. The Morgan fingerprint density at radius 1 is 1.56 bits per heavy atom. The van der Waals surface area contributed by atoms with Crippen molar-refractivity contribution in [3.8, 4) is 0 Å². The average Bonchev–Trinajstić information content (AvgIpc) is 3.15. The van der Waals surface area contributed by atoms with Crippen LogP contribution in [0, 0.1) is 16.0 Å². The Bertz CT molecular complexity index is 447. The molecule has 1 aromatic carbocycles. The summed E-state index contributed by atoms with van der Waals surface area (Å²) in [5.74, 6) is 0.733. The van der Waals surface area contributed by atoms with Crippen LogP contribution in [0.5, 0.6) is 0 Å². The maximum Gasteiger partial charge on any atom is 0.274 e. The Morgan fingerprint density at radius 3 is 2.83 bits per heavy atom. The monoisotopic (exact) mass is 268 g/mol. The molecule has 0 spiro atoms. The quantitative estimate of drug-likeness (QED) is 0.637. The molecule has 1 aliphatic rings. The third kappa shape index (κ3) is 3.00. The molecule has 1 aromatic rings. The van der Waals surface area contributed by atoms with Crippen molar-refractivity contribution >= 4 is 17.3 Å². The van der Waals surface area contributed by atoms with Crippen LogP contribution in [0.3, 0.4) is 0 Å². The maximum atomic E-state index is 11.0. The molecule has 2 rings (SSSR count). The van der Waals surface area contributed by atoms with Crippen LogP contribution >= 0.6 is 11.6 Å². The lowest BCUT2D eigenvalue weighted by atomic mass is 10.0. The number of halogens is 1. The lowest BCUT2D eigenvalue weighted by molar-refractivity contribution is -0.385. The van der Waals surface area contributed by atoms with Gasteiger partial charge < -0.3 is 5.32 Å². The van der Waals surface area contributed by atoms with Crippen LogP contribution in [0.4, 0.5) is 5.69 Å². The first-order chi connectivity index (χ1) is 8.63. The lowest BCUT2D eigenvalue weighted by Crippen LogP contribution is -2.27. The van der Waals surface area contributed by atoms with E-state index in [-0.39, 0.29) is 10.6 Å². The molecular formula is C13H17ClN2O2. The van der Waals surface area contributed by atoms with E-state index in [2.05, 4.69) is 5.32 Å². The van der Waals surface area contributed by atoms with Gasteiger partial charge in [-0.05, 0) is 44.7 Å². The topological polar surface area (TPSA) is 55.2 Å². The number of nitrogens with one attached hydrogen (secondary N) is 1. The number of hydrogen-bond donors (Lipinski definition) is 1. The molecule has 1 atom stereocenters. The summed E-state index contributed by atoms with van der Waals surface area (Å²) < 4.78 is 0. The summed E-state index contributed by atoms with van der Waals surface area (Å²) in [6.07, 6.45) is 4.07. The highest BCUT2D eigenvalue weighted by Gasteiger charge is 2.30. The molecule has 0 amide bonds. The molecule has 1 fully saturated rings. The largest absolute Gasteiger partial charge is 0.317 e. The number of nitrogens with zero attached hydrogens (tertiary/aromatic N) is 1. The maximum absolute atomic E-state index is 11.0. The summed E-state index contributed by atoms with van der Waals surface area (Å²) in [5.41, 5.74) is 0.790. The van der Waals surface area contributed by atoms with E-state index in [4.69, 9.17) is 11.6 Å². The van der Waals surface area contributed by atoms with Crippen LogP contribution in [0.1, 0.15) is 24.8 Å². The van der Waals surface area contributed by atoms with Crippen molar-refractivity contribution in [3.63, 3.8) is 0 Å². The molecule has 0 radical (unpaired) electrons. The minimum absolute atomic E-state index is 0.133. The second kappa shape index (κ2) is 5.67. The molecule has 1 aliphatic carbocycles.